The number of methoxy groups -OCH3 is 1. The van der Waals surface area contributed by atoms with E-state index in [9.17, 15) is 9.59 Å². The number of nitrogens with zero attached hydrogens (tertiary/aromatic N) is 1. The molecule has 6 nitrogen and oxygen atoms in total. The highest BCUT2D eigenvalue weighted by atomic mass is 16.5. The van der Waals surface area contributed by atoms with Gasteiger partial charge in [0.05, 0.1) is 7.11 Å². The van der Waals surface area contributed by atoms with Crippen LogP contribution in [0.1, 0.15) is 11.1 Å². The van der Waals surface area contributed by atoms with Crippen molar-refractivity contribution in [3.63, 3.8) is 0 Å². The Bertz CT molecular complexity index is 798. The van der Waals surface area contributed by atoms with Crippen molar-refractivity contribution in [2.24, 2.45) is 0 Å². The fourth-order valence-electron chi connectivity index (χ4n) is 2.31. The molecular formula is C21H24N2O4. The van der Waals surface area contributed by atoms with E-state index in [1.807, 2.05) is 61.5 Å². The Hall–Kier alpha value is -3.28. The second-order valence-electron chi connectivity index (χ2n) is 6.02. The Morgan fingerprint density at radius 1 is 1.07 bits per heavy atom. The summed E-state index contributed by atoms with van der Waals surface area (Å²) in [6.45, 7) is 0.0476. The van der Waals surface area contributed by atoms with E-state index in [0.29, 0.717) is 12.3 Å². The predicted molar refractivity (Wildman–Crippen MR) is 106 cm³/mol. The topological polar surface area (TPSA) is 67.9 Å². The zero-order chi connectivity index (χ0) is 19.6. The molecule has 0 aliphatic heterocycles. The van der Waals surface area contributed by atoms with Crippen molar-refractivity contribution in [1.82, 2.24) is 5.32 Å². The van der Waals surface area contributed by atoms with Gasteiger partial charge in [0.25, 0.3) is 5.91 Å². The third-order valence-electron chi connectivity index (χ3n) is 3.83. The molecule has 2 aromatic carbocycles. The van der Waals surface area contributed by atoms with Gasteiger partial charge in [0, 0.05) is 38.0 Å². The van der Waals surface area contributed by atoms with Crippen molar-refractivity contribution < 1.29 is 19.1 Å². The summed E-state index contributed by atoms with van der Waals surface area (Å²) in [5.74, 6) is -0.295. The lowest BCUT2D eigenvalue weighted by Crippen LogP contribution is -2.28. The number of esters is 1. The number of rotatable bonds is 8. The lowest BCUT2D eigenvalue weighted by Gasteiger charge is -2.12. The van der Waals surface area contributed by atoms with Crippen molar-refractivity contribution in [3.05, 3.63) is 65.7 Å². The first-order chi connectivity index (χ1) is 13.0. The summed E-state index contributed by atoms with van der Waals surface area (Å²) < 4.78 is 10.2. The van der Waals surface area contributed by atoms with Gasteiger partial charge in [-0.3, -0.25) is 4.79 Å². The molecule has 0 aliphatic rings. The number of benzene rings is 2. The first-order valence-corrected chi connectivity index (χ1v) is 8.50. The highest BCUT2D eigenvalue weighted by molar-refractivity contribution is 5.89. The standard InChI is InChI=1S/C21H24N2O4/c1-23(2)18-11-8-16(9-12-18)14-22-20(24)15-27-21(25)13-10-17-6-4-5-7-19(17)26-3/h4-13H,14-15H2,1-3H3,(H,22,24)/b13-10+. The molecule has 0 bridgehead atoms. The number of carbonyl (C=O) groups is 2. The van der Waals surface area contributed by atoms with Crippen molar-refractivity contribution in [3.8, 4) is 5.75 Å². The fourth-order valence-corrected chi connectivity index (χ4v) is 2.31. The normalized spacial score (nSPS) is 10.5. The van der Waals surface area contributed by atoms with E-state index in [-0.39, 0.29) is 12.5 Å². The van der Waals surface area contributed by atoms with Crippen LogP contribution >= 0.6 is 0 Å². The summed E-state index contributed by atoms with van der Waals surface area (Å²) in [4.78, 5) is 25.6. The Balaban J connectivity index is 1.76. The number of amides is 1. The largest absolute Gasteiger partial charge is 0.496 e. The number of hydrogen-bond acceptors (Lipinski definition) is 5. The molecule has 0 heterocycles. The van der Waals surface area contributed by atoms with Crippen LogP contribution in [0.5, 0.6) is 5.75 Å². The van der Waals surface area contributed by atoms with Gasteiger partial charge >= 0.3 is 5.97 Å². The average molecular weight is 368 g/mol. The molecule has 6 heteroatoms. The first-order valence-electron chi connectivity index (χ1n) is 8.50. The quantitative estimate of drug-likeness (QED) is 0.573. The fraction of sp³-hybridized carbons (Fsp3) is 0.238. The van der Waals surface area contributed by atoms with Crippen molar-refractivity contribution >= 4 is 23.6 Å². The third-order valence-corrected chi connectivity index (χ3v) is 3.83. The van der Waals surface area contributed by atoms with Crippen LogP contribution in [0.25, 0.3) is 6.08 Å². The summed E-state index contributed by atoms with van der Waals surface area (Å²) in [5, 5.41) is 2.72. The molecule has 142 valence electrons. The molecule has 2 rings (SSSR count). The monoisotopic (exact) mass is 368 g/mol. The molecule has 0 saturated heterocycles. The molecule has 0 unspecified atom stereocenters. The third kappa shape index (κ3) is 6.51. The Labute approximate surface area is 159 Å². The van der Waals surface area contributed by atoms with Crippen LogP contribution in [0.4, 0.5) is 5.69 Å². The van der Waals surface area contributed by atoms with Crippen molar-refractivity contribution in [2.75, 3.05) is 32.7 Å². The first kappa shape index (κ1) is 20.0. The molecule has 27 heavy (non-hydrogen) atoms. The minimum atomic E-state index is -0.591. The minimum Gasteiger partial charge on any atom is -0.496 e. The molecule has 0 fully saturated rings. The molecule has 1 N–H and O–H groups in total. The summed E-state index contributed by atoms with van der Waals surface area (Å²) >= 11 is 0. The summed E-state index contributed by atoms with van der Waals surface area (Å²) in [6, 6.07) is 15.1. The van der Waals surface area contributed by atoms with Gasteiger partial charge in [-0.15, -0.1) is 0 Å². The van der Waals surface area contributed by atoms with Crippen LogP contribution < -0.4 is 15.0 Å². The molecule has 0 aliphatic carbocycles. The second kappa shape index (κ2) is 10.0. The van der Waals surface area contributed by atoms with Crippen molar-refractivity contribution in [2.45, 2.75) is 6.54 Å². The van der Waals surface area contributed by atoms with Gasteiger partial charge in [0.2, 0.25) is 0 Å². The summed E-state index contributed by atoms with van der Waals surface area (Å²) in [7, 11) is 5.49. The maximum absolute atomic E-state index is 11.8. The van der Waals surface area contributed by atoms with Crippen LogP contribution in [0.15, 0.2) is 54.6 Å². The Morgan fingerprint density at radius 3 is 2.44 bits per heavy atom. The number of hydrogen-bond donors (Lipinski definition) is 1. The lowest BCUT2D eigenvalue weighted by molar-refractivity contribution is -0.143. The molecule has 0 radical (unpaired) electrons. The van der Waals surface area contributed by atoms with Gasteiger partial charge in [0.15, 0.2) is 6.61 Å². The smallest absolute Gasteiger partial charge is 0.331 e. The predicted octanol–water partition coefficient (Wildman–Crippen LogP) is 2.63. The van der Waals surface area contributed by atoms with Crippen LogP contribution in [0.2, 0.25) is 0 Å². The average Bonchev–Trinajstić information content (AvgIpc) is 2.69. The molecule has 0 atom stereocenters. The number of nitrogens with one attached hydrogen (secondary N) is 1. The van der Waals surface area contributed by atoms with Gasteiger partial charge in [0.1, 0.15) is 5.75 Å². The SMILES string of the molecule is COc1ccccc1/C=C/C(=O)OCC(=O)NCc1ccc(N(C)C)cc1. The van der Waals surface area contributed by atoms with Gasteiger partial charge in [-0.2, -0.15) is 0 Å². The van der Waals surface area contributed by atoms with E-state index in [1.54, 1.807) is 19.3 Å². The van der Waals surface area contributed by atoms with Crippen LogP contribution in [-0.2, 0) is 20.9 Å². The number of para-hydroxylation sites is 1. The molecule has 2 aromatic rings. The molecule has 0 saturated carbocycles. The van der Waals surface area contributed by atoms with Crippen LogP contribution in [0, 0.1) is 0 Å². The lowest BCUT2D eigenvalue weighted by atomic mass is 10.2. The zero-order valence-corrected chi connectivity index (χ0v) is 15.8. The van der Waals surface area contributed by atoms with E-state index in [0.717, 1.165) is 16.8 Å². The highest BCUT2D eigenvalue weighted by Crippen LogP contribution is 2.18. The second-order valence-corrected chi connectivity index (χ2v) is 6.02. The van der Waals surface area contributed by atoms with E-state index < -0.39 is 5.97 Å². The van der Waals surface area contributed by atoms with E-state index >= 15 is 0 Å². The van der Waals surface area contributed by atoms with E-state index in [1.165, 1.54) is 6.08 Å². The molecule has 0 aromatic heterocycles. The highest BCUT2D eigenvalue weighted by Gasteiger charge is 2.06. The molecule has 0 spiro atoms. The Kier molecular flexibility index (Phi) is 7.43. The number of ether oxygens (including phenoxy) is 2. The number of carbonyl (C=O) groups excluding carboxylic acids is 2. The minimum absolute atomic E-state index is 0.328. The number of anilines is 1. The maximum atomic E-state index is 11.8. The van der Waals surface area contributed by atoms with Gasteiger partial charge < -0.3 is 19.7 Å². The van der Waals surface area contributed by atoms with E-state index in [2.05, 4.69) is 5.32 Å². The Morgan fingerprint density at radius 2 is 1.78 bits per heavy atom. The van der Waals surface area contributed by atoms with Gasteiger partial charge in [-0.25, -0.2) is 4.79 Å². The maximum Gasteiger partial charge on any atom is 0.331 e. The van der Waals surface area contributed by atoms with Crippen LogP contribution in [0.3, 0.4) is 0 Å². The zero-order valence-electron chi connectivity index (χ0n) is 15.8. The van der Waals surface area contributed by atoms with E-state index in [4.69, 9.17) is 9.47 Å². The van der Waals surface area contributed by atoms with Crippen molar-refractivity contribution in [1.29, 1.82) is 0 Å². The summed E-state index contributed by atoms with van der Waals surface area (Å²) in [6.07, 6.45) is 2.86. The van der Waals surface area contributed by atoms with Crippen LogP contribution in [-0.4, -0.2) is 39.7 Å². The van der Waals surface area contributed by atoms with Gasteiger partial charge in [-0.1, -0.05) is 30.3 Å². The molecule has 1 amide bonds. The summed E-state index contributed by atoms with van der Waals surface area (Å²) in [5.41, 5.74) is 2.81. The van der Waals surface area contributed by atoms with Gasteiger partial charge in [-0.05, 0) is 29.8 Å². The molecular weight excluding hydrogens is 344 g/mol.